The van der Waals surface area contributed by atoms with Gasteiger partial charge in [0, 0.05) is 34.2 Å². The van der Waals surface area contributed by atoms with Gasteiger partial charge in [-0.2, -0.15) is 0 Å². The Balaban J connectivity index is 0.940. The monoisotopic (exact) mass is 790 g/mol. The van der Waals surface area contributed by atoms with Crippen LogP contribution >= 0.6 is 0 Å². The molecule has 4 aliphatic heterocycles. The lowest BCUT2D eigenvalue weighted by Crippen LogP contribution is -2.62. The van der Waals surface area contributed by atoms with Crippen molar-refractivity contribution >= 4 is 35.6 Å². The van der Waals surface area contributed by atoms with Gasteiger partial charge in [-0.1, -0.05) is 0 Å². The first-order valence-corrected chi connectivity index (χ1v) is 19.4. The molecule has 15 nitrogen and oxygen atoms in total. The second kappa shape index (κ2) is 15.3. The topological polar surface area (TPSA) is 201 Å². The van der Waals surface area contributed by atoms with Crippen LogP contribution in [0.25, 0.3) is 0 Å². The Kier molecular flexibility index (Phi) is 11.3. The van der Waals surface area contributed by atoms with Gasteiger partial charge in [0.1, 0.15) is 25.4 Å². The van der Waals surface area contributed by atoms with E-state index in [9.17, 15) is 39.0 Å². The molecule has 2 aromatic rings. The van der Waals surface area contributed by atoms with Gasteiger partial charge in [0.15, 0.2) is 0 Å². The second-order valence-corrected chi connectivity index (χ2v) is 18.4. The molecule has 0 aromatic heterocycles. The highest BCUT2D eigenvalue weighted by Crippen LogP contribution is 2.38. The zero-order chi connectivity index (χ0) is 41.8. The Morgan fingerprint density at radius 1 is 0.579 bits per heavy atom. The molecule has 2 atom stereocenters. The largest absolute Gasteiger partial charge is 0.459 e. The van der Waals surface area contributed by atoms with Crippen LogP contribution in [0.15, 0.2) is 36.4 Å². The number of piperidine rings is 2. The number of amides is 4. The van der Waals surface area contributed by atoms with Crippen LogP contribution in [-0.4, -0.2) is 128 Å². The van der Waals surface area contributed by atoms with E-state index in [0.29, 0.717) is 25.7 Å². The highest BCUT2D eigenvalue weighted by Gasteiger charge is 2.48. The molecule has 4 heterocycles. The van der Waals surface area contributed by atoms with E-state index >= 15 is 0 Å². The zero-order valence-electron chi connectivity index (χ0n) is 33.9. The third kappa shape index (κ3) is 9.12. The van der Waals surface area contributed by atoms with E-state index in [1.54, 1.807) is 0 Å². The fourth-order valence-corrected chi connectivity index (χ4v) is 9.28. The van der Waals surface area contributed by atoms with Gasteiger partial charge in [-0.25, -0.2) is 9.59 Å². The van der Waals surface area contributed by atoms with Gasteiger partial charge in [-0.3, -0.25) is 29.0 Å². The van der Waals surface area contributed by atoms with Gasteiger partial charge < -0.3 is 35.1 Å². The molecule has 2 aromatic carbocycles. The van der Waals surface area contributed by atoms with E-state index in [-0.39, 0.29) is 80.8 Å². The number of carbonyl (C=O) groups excluding carboxylic acids is 6. The number of imide groups is 2. The quantitative estimate of drug-likeness (QED) is 0.181. The van der Waals surface area contributed by atoms with Crippen molar-refractivity contribution in [2.75, 3.05) is 26.4 Å². The van der Waals surface area contributed by atoms with Gasteiger partial charge in [-0.15, -0.1) is 0 Å². The second-order valence-electron chi connectivity index (χ2n) is 18.4. The minimum atomic E-state index is -1.27. The Hall–Kier alpha value is -4.54. The van der Waals surface area contributed by atoms with E-state index in [0.717, 1.165) is 0 Å². The van der Waals surface area contributed by atoms with Crippen molar-refractivity contribution in [1.82, 2.24) is 20.4 Å². The summed E-state index contributed by atoms with van der Waals surface area (Å²) in [6.45, 7) is 14.7. The molecule has 6 rings (SSSR count). The smallest absolute Gasteiger partial charge is 0.338 e. The number of aliphatic hydroxyl groups excluding tert-OH is 2. The van der Waals surface area contributed by atoms with Crippen molar-refractivity contribution in [3.8, 4) is 0 Å². The number of rotatable bonds is 12. The maximum absolute atomic E-state index is 13.5. The lowest BCUT2D eigenvalue weighted by atomic mass is 9.79. The van der Waals surface area contributed by atoms with Crippen molar-refractivity contribution in [2.24, 2.45) is 0 Å². The molecule has 57 heavy (non-hydrogen) atoms. The Bertz CT molecular complexity index is 1820. The van der Waals surface area contributed by atoms with Gasteiger partial charge >= 0.3 is 11.9 Å². The number of benzene rings is 2. The van der Waals surface area contributed by atoms with Crippen LogP contribution in [0, 0.1) is 0 Å². The number of esters is 2. The molecule has 0 aliphatic carbocycles. The van der Waals surface area contributed by atoms with E-state index < -0.39 is 61.0 Å². The number of fused-ring (bicyclic) bond motifs is 2. The first-order valence-electron chi connectivity index (χ1n) is 19.4. The lowest BCUT2D eigenvalue weighted by Gasteiger charge is -2.48. The number of nitrogens with zero attached hydrogens (tertiary/aromatic N) is 2. The number of nitrogens with one attached hydrogen (secondary N) is 2. The van der Waals surface area contributed by atoms with E-state index in [4.69, 9.17) is 14.2 Å². The molecular weight excluding hydrogens is 736 g/mol. The molecule has 15 heteroatoms. The molecule has 0 saturated carbocycles. The Morgan fingerprint density at radius 2 is 0.895 bits per heavy atom. The van der Waals surface area contributed by atoms with Crippen LogP contribution in [-0.2, 0) is 14.2 Å². The van der Waals surface area contributed by atoms with Crippen LogP contribution in [0.1, 0.15) is 143 Å². The molecule has 2 fully saturated rings. The minimum Gasteiger partial charge on any atom is -0.459 e. The van der Waals surface area contributed by atoms with Gasteiger partial charge in [0.05, 0.1) is 46.6 Å². The van der Waals surface area contributed by atoms with Crippen LogP contribution in [0.4, 0.5) is 0 Å². The summed E-state index contributed by atoms with van der Waals surface area (Å²) in [7, 11) is 0. The normalized spacial score (nSPS) is 22.3. The van der Waals surface area contributed by atoms with Crippen LogP contribution in [0.3, 0.4) is 0 Å². The highest BCUT2D eigenvalue weighted by molar-refractivity contribution is 6.23. The highest BCUT2D eigenvalue weighted by atomic mass is 16.6. The summed E-state index contributed by atoms with van der Waals surface area (Å²) in [6.07, 6.45) is -0.212. The number of ether oxygens (including phenoxy) is 3. The molecule has 308 valence electrons. The summed E-state index contributed by atoms with van der Waals surface area (Å²) >= 11 is 0. The number of hydrogen-bond donors (Lipinski definition) is 4. The third-order valence-corrected chi connectivity index (χ3v) is 10.8. The SMILES string of the molecule is CC1(C)CC(N2C(=O)c3ccc(C(=O)OCC(O)COCC(O)COC(=O)c4ccc5c(c4)C(=O)N(C4CC(C)(C)NC(C)(C)C4)C5=O)cc3C2=O)CC(C)(C)N1. The number of carbonyl (C=O) groups is 6. The maximum Gasteiger partial charge on any atom is 0.338 e. The zero-order valence-corrected chi connectivity index (χ0v) is 33.9. The third-order valence-electron chi connectivity index (χ3n) is 10.8. The molecule has 4 amide bonds. The summed E-state index contributed by atoms with van der Waals surface area (Å²) in [4.78, 5) is 81.8. The van der Waals surface area contributed by atoms with Gasteiger partial charge in [0.2, 0.25) is 0 Å². The molecule has 0 spiro atoms. The first kappa shape index (κ1) is 42.1. The number of hydrogen-bond acceptors (Lipinski definition) is 13. The fourth-order valence-electron chi connectivity index (χ4n) is 9.28. The summed E-state index contributed by atoms with van der Waals surface area (Å²) in [5.41, 5.74) is -0.427. The Morgan fingerprint density at radius 3 is 1.23 bits per heavy atom. The van der Waals surface area contributed by atoms with E-state index in [2.05, 4.69) is 10.6 Å². The summed E-state index contributed by atoms with van der Waals surface area (Å²) in [5.74, 6) is -3.35. The average molecular weight is 791 g/mol. The van der Waals surface area contributed by atoms with E-state index in [1.165, 1.54) is 46.2 Å². The van der Waals surface area contributed by atoms with Crippen molar-refractivity contribution in [3.05, 3.63) is 69.8 Å². The standard InChI is InChI=1S/C42H54N4O11/c1-39(2)15-25(16-40(3,4)43-39)45-33(49)29-11-9-23(13-31(29)35(45)51)37(53)56-21-27(47)19-55-20-28(48)22-57-38(54)24-10-12-30-32(14-24)36(52)46(34(30)50)26-17-41(5,6)44-42(7,8)18-26/h9-14,25-28,43-44,47-48H,15-22H2,1-8H3. The molecule has 0 radical (unpaired) electrons. The molecular formula is C42H54N4O11. The molecule has 2 unspecified atom stereocenters. The fraction of sp³-hybridized carbons (Fsp3) is 0.571. The van der Waals surface area contributed by atoms with Crippen molar-refractivity contribution in [3.63, 3.8) is 0 Å². The summed E-state index contributed by atoms with van der Waals surface area (Å²) in [6, 6.07) is 7.71. The van der Waals surface area contributed by atoms with E-state index in [1.807, 2.05) is 55.4 Å². The maximum atomic E-state index is 13.5. The average Bonchev–Trinajstić information content (AvgIpc) is 3.49. The van der Waals surface area contributed by atoms with Crippen molar-refractivity contribution in [1.29, 1.82) is 0 Å². The Labute approximate surface area is 332 Å². The summed E-state index contributed by atoms with van der Waals surface area (Å²) in [5, 5.41) is 27.8. The predicted molar refractivity (Wildman–Crippen MR) is 206 cm³/mol. The van der Waals surface area contributed by atoms with Crippen molar-refractivity contribution < 1.29 is 53.2 Å². The minimum absolute atomic E-state index is 0.0413. The molecule has 2 saturated heterocycles. The molecule has 0 bridgehead atoms. The van der Waals surface area contributed by atoms with Crippen LogP contribution in [0.2, 0.25) is 0 Å². The van der Waals surface area contributed by atoms with Crippen molar-refractivity contribution in [2.45, 2.75) is 128 Å². The molecule has 4 aliphatic rings. The van der Waals surface area contributed by atoms with Gasteiger partial charge in [0.25, 0.3) is 23.6 Å². The predicted octanol–water partition coefficient (Wildman–Crippen LogP) is 3.25. The van der Waals surface area contributed by atoms with Crippen LogP contribution in [0.5, 0.6) is 0 Å². The van der Waals surface area contributed by atoms with Gasteiger partial charge in [-0.05, 0) is 117 Å². The molecule has 4 N–H and O–H groups in total. The summed E-state index contributed by atoms with van der Waals surface area (Å²) < 4.78 is 15.8. The first-order chi connectivity index (χ1) is 26.5. The number of aliphatic hydroxyl groups is 2. The lowest BCUT2D eigenvalue weighted by molar-refractivity contribution is -0.0454. The van der Waals surface area contributed by atoms with Crippen LogP contribution < -0.4 is 10.6 Å².